The van der Waals surface area contributed by atoms with Gasteiger partial charge in [-0.05, 0) is 42.7 Å². The molecule has 1 aromatic carbocycles. The molecule has 3 aromatic rings. The van der Waals surface area contributed by atoms with E-state index in [0.29, 0.717) is 5.82 Å². The Bertz CT molecular complexity index is 872. The van der Waals surface area contributed by atoms with Crippen molar-refractivity contribution in [1.29, 1.82) is 0 Å². The Kier molecular flexibility index (Phi) is 6.34. The second kappa shape index (κ2) is 8.90. The Labute approximate surface area is 163 Å². The molecule has 2 N–H and O–H groups in total. The summed E-state index contributed by atoms with van der Waals surface area (Å²) in [6.45, 7) is 4.13. The van der Waals surface area contributed by atoms with Gasteiger partial charge in [-0.2, -0.15) is 16.9 Å². The Morgan fingerprint density at radius 2 is 2.04 bits per heavy atom. The maximum absolute atomic E-state index is 12.9. The quantitative estimate of drug-likeness (QED) is 0.607. The van der Waals surface area contributed by atoms with Crippen molar-refractivity contribution in [2.45, 2.75) is 32.2 Å². The minimum atomic E-state index is -0.229. The number of nitrogens with zero attached hydrogens (tertiary/aromatic N) is 3. The van der Waals surface area contributed by atoms with Gasteiger partial charge in [-0.25, -0.2) is 4.98 Å². The largest absolute Gasteiger partial charge is 0.342 e. The standard InChI is InChI=1S/C20H25N5OS/c1-14(2)18-22-19(24-23-18)15-7-6-8-16(13-15)21-20(26)17(9-12-27-3)25-10-4-5-11-25/h4-8,10-11,13-14,17H,9,12H2,1-3H3,(H,21,26)(H,22,23,24)/t17-/m0/s1. The summed E-state index contributed by atoms with van der Waals surface area (Å²) in [4.78, 5) is 17.4. The number of aromatic nitrogens is 4. The van der Waals surface area contributed by atoms with Crippen LogP contribution < -0.4 is 5.32 Å². The van der Waals surface area contributed by atoms with Gasteiger partial charge in [0.25, 0.3) is 0 Å². The molecule has 2 heterocycles. The molecule has 0 aliphatic carbocycles. The predicted octanol–water partition coefficient (Wildman–Crippen LogP) is 4.33. The highest BCUT2D eigenvalue weighted by molar-refractivity contribution is 7.98. The third-order valence-corrected chi connectivity index (χ3v) is 4.97. The molecule has 0 bridgehead atoms. The molecule has 0 unspecified atom stereocenters. The fourth-order valence-electron chi connectivity index (χ4n) is 2.82. The monoisotopic (exact) mass is 383 g/mol. The highest BCUT2D eigenvalue weighted by Crippen LogP contribution is 2.23. The van der Waals surface area contributed by atoms with Crippen LogP contribution in [0.4, 0.5) is 5.69 Å². The van der Waals surface area contributed by atoms with Gasteiger partial charge in [0.2, 0.25) is 5.91 Å². The fraction of sp³-hybridized carbons (Fsp3) is 0.350. The number of H-pyrrole nitrogens is 1. The van der Waals surface area contributed by atoms with Crippen LogP contribution in [-0.2, 0) is 4.79 Å². The Hall–Kier alpha value is -2.54. The summed E-state index contributed by atoms with van der Waals surface area (Å²) in [7, 11) is 0. The van der Waals surface area contributed by atoms with E-state index in [1.165, 1.54) is 0 Å². The number of anilines is 1. The molecular weight excluding hydrogens is 358 g/mol. The molecule has 0 aliphatic heterocycles. The van der Waals surface area contributed by atoms with Crippen LogP contribution in [0.2, 0.25) is 0 Å². The average molecular weight is 384 g/mol. The number of thioether (sulfide) groups is 1. The van der Waals surface area contributed by atoms with Crippen molar-refractivity contribution in [2.75, 3.05) is 17.3 Å². The summed E-state index contributed by atoms with van der Waals surface area (Å²) in [5.41, 5.74) is 1.62. The van der Waals surface area contributed by atoms with Crippen LogP contribution in [0.5, 0.6) is 0 Å². The van der Waals surface area contributed by atoms with Crippen molar-refractivity contribution in [3.8, 4) is 11.4 Å². The fourth-order valence-corrected chi connectivity index (χ4v) is 3.28. The molecule has 27 heavy (non-hydrogen) atoms. The molecule has 0 spiro atoms. The lowest BCUT2D eigenvalue weighted by molar-refractivity contribution is -0.119. The average Bonchev–Trinajstić information content (AvgIpc) is 3.34. The summed E-state index contributed by atoms with van der Waals surface area (Å²) in [6.07, 6.45) is 6.70. The molecule has 2 aromatic heterocycles. The van der Waals surface area contributed by atoms with Gasteiger partial charge in [-0.3, -0.25) is 9.89 Å². The highest BCUT2D eigenvalue weighted by Gasteiger charge is 2.19. The zero-order chi connectivity index (χ0) is 19.2. The third-order valence-electron chi connectivity index (χ3n) is 4.32. The minimum Gasteiger partial charge on any atom is -0.342 e. The normalized spacial score (nSPS) is 12.3. The first kappa shape index (κ1) is 19.2. The molecule has 7 heteroatoms. The number of carbonyl (C=O) groups is 1. The van der Waals surface area contributed by atoms with E-state index < -0.39 is 0 Å². The second-order valence-corrected chi connectivity index (χ2v) is 7.68. The van der Waals surface area contributed by atoms with Crippen molar-refractivity contribution in [3.05, 3.63) is 54.6 Å². The lowest BCUT2D eigenvalue weighted by Gasteiger charge is -2.18. The van der Waals surface area contributed by atoms with E-state index in [-0.39, 0.29) is 17.9 Å². The lowest BCUT2D eigenvalue weighted by Crippen LogP contribution is -2.25. The lowest BCUT2D eigenvalue weighted by atomic mass is 10.1. The van der Waals surface area contributed by atoms with Crippen molar-refractivity contribution in [3.63, 3.8) is 0 Å². The number of aromatic amines is 1. The van der Waals surface area contributed by atoms with Crippen molar-refractivity contribution >= 4 is 23.4 Å². The van der Waals surface area contributed by atoms with Gasteiger partial charge < -0.3 is 9.88 Å². The van der Waals surface area contributed by atoms with E-state index in [9.17, 15) is 4.79 Å². The summed E-state index contributed by atoms with van der Waals surface area (Å²) >= 11 is 1.74. The number of hydrogen-bond donors (Lipinski definition) is 2. The van der Waals surface area contributed by atoms with Gasteiger partial charge >= 0.3 is 0 Å². The molecule has 0 aliphatic rings. The molecule has 1 amide bonds. The predicted molar refractivity (Wildman–Crippen MR) is 111 cm³/mol. The molecule has 6 nitrogen and oxygen atoms in total. The Morgan fingerprint density at radius 3 is 2.70 bits per heavy atom. The first-order chi connectivity index (χ1) is 13.1. The van der Waals surface area contributed by atoms with Gasteiger partial charge in [0.1, 0.15) is 11.9 Å². The first-order valence-electron chi connectivity index (χ1n) is 9.03. The van der Waals surface area contributed by atoms with E-state index >= 15 is 0 Å². The molecule has 0 radical (unpaired) electrons. The van der Waals surface area contributed by atoms with Crippen LogP contribution in [0.1, 0.15) is 38.1 Å². The number of benzene rings is 1. The van der Waals surface area contributed by atoms with Gasteiger partial charge in [0.15, 0.2) is 5.82 Å². The summed E-state index contributed by atoms with van der Waals surface area (Å²) in [5.74, 6) is 2.68. The molecule has 0 fully saturated rings. The molecule has 3 rings (SSSR count). The molecule has 142 valence electrons. The first-order valence-corrected chi connectivity index (χ1v) is 10.4. The van der Waals surface area contributed by atoms with Crippen molar-refractivity contribution in [1.82, 2.24) is 19.7 Å². The summed E-state index contributed by atoms with van der Waals surface area (Å²) < 4.78 is 1.96. The van der Waals surface area contributed by atoms with Crippen LogP contribution in [0, 0.1) is 0 Å². The van der Waals surface area contributed by atoms with Gasteiger partial charge in [-0.15, -0.1) is 0 Å². The van der Waals surface area contributed by atoms with E-state index in [4.69, 9.17) is 0 Å². The highest BCUT2D eigenvalue weighted by atomic mass is 32.2. The van der Waals surface area contributed by atoms with E-state index in [1.54, 1.807) is 11.8 Å². The van der Waals surface area contributed by atoms with Crippen LogP contribution in [-0.4, -0.2) is 37.7 Å². The third kappa shape index (κ3) is 4.80. The van der Waals surface area contributed by atoms with Crippen LogP contribution in [0.3, 0.4) is 0 Å². The number of rotatable bonds is 8. The number of amides is 1. The molecule has 0 saturated heterocycles. The Morgan fingerprint density at radius 1 is 1.26 bits per heavy atom. The van der Waals surface area contributed by atoms with E-state index in [0.717, 1.165) is 29.2 Å². The van der Waals surface area contributed by atoms with Gasteiger partial charge in [0, 0.05) is 29.6 Å². The molecule has 1 atom stereocenters. The number of hydrogen-bond acceptors (Lipinski definition) is 4. The SMILES string of the molecule is CSCC[C@@H](C(=O)Nc1cccc(-c2n[nH]c(C(C)C)n2)c1)n1cccc1. The Balaban J connectivity index is 1.77. The number of nitrogens with one attached hydrogen (secondary N) is 2. The maximum Gasteiger partial charge on any atom is 0.247 e. The van der Waals surface area contributed by atoms with Crippen molar-refractivity contribution < 1.29 is 4.79 Å². The zero-order valence-electron chi connectivity index (χ0n) is 15.8. The van der Waals surface area contributed by atoms with E-state index in [2.05, 4.69) is 40.6 Å². The molecule has 0 saturated carbocycles. The van der Waals surface area contributed by atoms with Crippen molar-refractivity contribution in [2.24, 2.45) is 0 Å². The smallest absolute Gasteiger partial charge is 0.247 e. The number of carbonyl (C=O) groups excluding carboxylic acids is 1. The maximum atomic E-state index is 12.9. The molecular formula is C20H25N5OS. The van der Waals surface area contributed by atoms with Crippen LogP contribution in [0.15, 0.2) is 48.8 Å². The zero-order valence-corrected chi connectivity index (χ0v) is 16.7. The summed E-state index contributed by atoms with van der Waals surface area (Å²) in [5, 5.41) is 10.3. The van der Waals surface area contributed by atoms with Gasteiger partial charge in [0.05, 0.1) is 0 Å². The minimum absolute atomic E-state index is 0.0183. The van der Waals surface area contributed by atoms with Gasteiger partial charge in [-0.1, -0.05) is 26.0 Å². The van der Waals surface area contributed by atoms with Crippen LogP contribution in [0.25, 0.3) is 11.4 Å². The second-order valence-electron chi connectivity index (χ2n) is 6.70. The van der Waals surface area contributed by atoms with E-state index in [1.807, 2.05) is 53.4 Å². The van der Waals surface area contributed by atoms with Crippen LogP contribution >= 0.6 is 11.8 Å². The summed E-state index contributed by atoms with van der Waals surface area (Å²) in [6, 6.07) is 11.3. The topological polar surface area (TPSA) is 75.6 Å².